The molecule has 0 N–H and O–H groups in total. The van der Waals surface area contributed by atoms with E-state index in [-0.39, 0.29) is 5.78 Å². The van der Waals surface area contributed by atoms with Gasteiger partial charge in [-0.25, -0.2) is 0 Å². The molecule has 94 valence electrons. The highest BCUT2D eigenvalue weighted by molar-refractivity contribution is 9.10. The summed E-state index contributed by atoms with van der Waals surface area (Å²) in [4.78, 5) is 11.9. The first kappa shape index (κ1) is 13.0. The van der Waals surface area contributed by atoms with Crippen LogP contribution in [0, 0.1) is 0 Å². The van der Waals surface area contributed by atoms with Gasteiger partial charge in [-0.2, -0.15) is 5.10 Å². The molecule has 1 aromatic heterocycles. The van der Waals surface area contributed by atoms with Crippen molar-refractivity contribution in [3.8, 4) is 0 Å². The lowest BCUT2D eigenvalue weighted by atomic mass is 10.0. The number of aryl methyl sites for hydroxylation is 2. The van der Waals surface area contributed by atoms with E-state index >= 15 is 0 Å². The fraction of sp³-hybridized carbons (Fsp3) is 0.286. The van der Waals surface area contributed by atoms with Gasteiger partial charge in [0.15, 0.2) is 0 Å². The van der Waals surface area contributed by atoms with Crippen LogP contribution in [0.1, 0.15) is 17.5 Å². The lowest BCUT2D eigenvalue weighted by molar-refractivity contribution is -0.118. The van der Waals surface area contributed by atoms with Crippen LogP contribution in [0.2, 0.25) is 0 Å². The zero-order valence-corrected chi connectivity index (χ0v) is 11.9. The summed E-state index contributed by atoms with van der Waals surface area (Å²) in [5.74, 6) is 0.255. The Morgan fingerprint density at radius 1 is 1.39 bits per heavy atom. The van der Waals surface area contributed by atoms with E-state index in [1.54, 1.807) is 4.68 Å². The number of carbonyl (C=O) groups is 1. The van der Waals surface area contributed by atoms with Gasteiger partial charge in [-0.1, -0.05) is 34.1 Å². The highest BCUT2D eigenvalue weighted by Crippen LogP contribution is 2.17. The number of rotatable bonds is 5. The van der Waals surface area contributed by atoms with Gasteiger partial charge in [0, 0.05) is 30.6 Å². The first-order chi connectivity index (χ1) is 8.65. The van der Waals surface area contributed by atoms with Gasteiger partial charge in [0.05, 0.1) is 6.20 Å². The maximum atomic E-state index is 11.9. The summed E-state index contributed by atoms with van der Waals surface area (Å²) in [7, 11) is 1.88. The van der Waals surface area contributed by atoms with Crippen molar-refractivity contribution in [1.29, 1.82) is 0 Å². The molecule has 0 saturated carbocycles. The molecule has 2 aromatic rings. The number of benzene rings is 1. The summed E-state index contributed by atoms with van der Waals surface area (Å²) in [6, 6.07) is 7.85. The number of ketones is 1. The zero-order chi connectivity index (χ0) is 13.0. The second kappa shape index (κ2) is 5.96. The van der Waals surface area contributed by atoms with Gasteiger partial charge in [-0.3, -0.25) is 9.48 Å². The summed E-state index contributed by atoms with van der Waals surface area (Å²) in [5.41, 5.74) is 2.16. The average molecular weight is 307 g/mol. The Morgan fingerprint density at radius 3 is 2.83 bits per heavy atom. The normalized spacial score (nSPS) is 10.6. The molecule has 0 aliphatic rings. The zero-order valence-electron chi connectivity index (χ0n) is 10.3. The van der Waals surface area contributed by atoms with Gasteiger partial charge in [0.1, 0.15) is 5.78 Å². The van der Waals surface area contributed by atoms with Crippen LogP contribution in [0.15, 0.2) is 41.1 Å². The molecule has 1 heterocycles. The van der Waals surface area contributed by atoms with E-state index in [0.717, 1.165) is 22.0 Å². The van der Waals surface area contributed by atoms with E-state index in [9.17, 15) is 4.79 Å². The molecule has 3 nitrogen and oxygen atoms in total. The van der Waals surface area contributed by atoms with Crippen LogP contribution < -0.4 is 0 Å². The molecule has 0 amide bonds. The van der Waals surface area contributed by atoms with Crippen LogP contribution in [-0.4, -0.2) is 15.6 Å². The fourth-order valence-electron chi connectivity index (χ4n) is 1.83. The van der Waals surface area contributed by atoms with Gasteiger partial charge in [-0.05, 0) is 23.6 Å². The molecule has 1 aromatic carbocycles. The standard InChI is InChI=1S/C14H15BrN2O/c1-17-10-11(9-16-17)6-7-13(18)8-12-4-2-3-5-14(12)15/h2-5,9-10H,6-8H2,1H3. The summed E-state index contributed by atoms with van der Waals surface area (Å²) in [6.07, 6.45) is 5.57. The largest absolute Gasteiger partial charge is 0.299 e. The van der Waals surface area contributed by atoms with Crippen LogP contribution in [0.3, 0.4) is 0 Å². The van der Waals surface area contributed by atoms with Crippen molar-refractivity contribution in [2.24, 2.45) is 7.05 Å². The molecule has 0 fully saturated rings. The smallest absolute Gasteiger partial charge is 0.137 e. The van der Waals surface area contributed by atoms with Crippen LogP contribution in [0.25, 0.3) is 0 Å². The average Bonchev–Trinajstić information content (AvgIpc) is 2.76. The number of halogens is 1. The highest BCUT2D eigenvalue weighted by Gasteiger charge is 2.07. The number of hydrogen-bond donors (Lipinski definition) is 0. The second-order valence-corrected chi connectivity index (χ2v) is 5.18. The van der Waals surface area contributed by atoms with E-state index < -0.39 is 0 Å². The third kappa shape index (κ3) is 3.53. The number of carbonyl (C=O) groups excluding carboxylic acids is 1. The maximum absolute atomic E-state index is 11.9. The Kier molecular flexibility index (Phi) is 4.31. The van der Waals surface area contributed by atoms with Crippen LogP contribution in [0.5, 0.6) is 0 Å². The predicted octanol–water partition coefficient (Wildman–Crippen LogP) is 2.93. The first-order valence-corrected chi connectivity index (χ1v) is 6.67. The van der Waals surface area contributed by atoms with Crippen molar-refractivity contribution in [2.45, 2.75) is 19.3 Å². The Balaban J connectivity index is 1.88. The van der Waals surface area contributed by atoms with E-state index in [4.69, 9.17) is 0 Å². The van der Waals surface area contributed by atoms with Crippen LogP contribution in [-0.2, 0) is 24.7 Å². The SMILES string of the molecule is Cn1cc(CCC(=O)Cc2ccccc2Br)cn1. The molecule has 0 aliphatic carbocycles. The Bertz CT molecular complexity index is 548. The summed E-state index contributed by atoms with van der Waals surface area (Å²) >= 11 is 3.46. The molecular weight excluding hydrogens is 292 g/mol. The van der Waals surface area contributed by atoms with Gasteiger partial charge in [0.25, 0.3) is 0 Å². The minimum absolute atomic E-state index is 0.255. The number of Topliss-reactive ketones (excluding diaryl/α,β-unsaturated/α-hetero) is 1. The number of hydrogen-bond acceptors (Lipinski definition) is 2. The van der Waals surface area contributed by atoms with Gasteiger partial charge in [-0.15, -0.1) is 0 Å². The quantitative estimate of drug-likeness (QED) is 0.851. The number of aromatic nitrogens is 2. The maximum Gasteiger partial charge on any atom is 0.137 e. The van der Waals surface area contributed by atoms with Crippen molar-refractivity contribution >= 4 is 21.7 Å². The Hall–Kier alpha value is -1.42. The molecule has 0 unspecified atom stereocenters. The molecule has 0 aliphatic heterocycles. The minimum Gasteiger partial charge on any atom is -0.299 e. The summed E-state index contributed by atoms with van der Waals surface area (Å²) in [5, 5.41) is 4.09. The van der Waals surface area contributed by atoms with Gasteiger partial charge >= 0.3 is 0 Å². The van der Waals surface area contributed by atoms with Gasteiger partial charge < -0.3 is 0 Å². The van der Waals surface area contributed by atoms with E-state index in [2.05, 4.69) is 21.0 Å². The molecule has 0 spiro atoms. The molecule has 18 heavy (non-hydrogen) atoms. The number of nitrogens with zero attached hydrogens (tertiary/aromatic N) is 2. The predicted molar refractivity (Wildman–Crippen MR) is 74.4 cm³/mol. The monoisotopic (exact) mass is 306 g/mol. The second-order valence-electron chi connectivity index (χ2n) is 4.33. The molecular formula is C14H15BrN2O. The molecule has 2 rings (SSSR count). The topological polar surface area (TPSA) is 34.9 Å². The Morgan fingerprint density at radius 2 is 2.17 bits per heavy atom. The third-order valence-electron chi connectivity index (χ3n) is 2.80. The first-order valence-electron chi connectivity index (χ1n) is 5.88. The van der Waals surface area contributed by atoms with Gasteiger partial charge in [0.2, 0.25) is 0 Å². The molecule has 4 heteroatoms. The van der Waals surface area contributed by atoms with Crippen molar-refractivity contribution in [3.63, 3.8) is 0 Å². The van der Waals surface area contributed by atoms with Crippen LogP contribution in [0.4, 0.5) is 0 Å². The minimum atomic E-state index is 0.255. The summed E-state index contributed by atoms with van der Waals surface area (Å²) < 4.78 is 2.76. The fourth-order valence-corrected chi connectivity index (χ4v) is 2.25. The van der Waals surface area contributed by atoms with E-state index in [1.807, 2.05) is 43.7 Å². The third-order valence-corrected chi connectivity index (χ3v) is 3.57. The Labute approximate surface area is 115 Å². The van der Waals surface area contributed by atoms with Crippen molar-refractivity contribution < 1.29 is 4.79 Å². The lowest BCUT2D eigenvalue weighted by Crippen LogP contribution is -2.04. The summed E-state index contributed by atoms with van der Waals surface area (Å²) in [6.45, 7) is 0. The molecule has 0 atom stereocenters. The van der Waals surface area contributed by atoms with Crippen molar-refractivity contribution in [3.05, 3.63) is 52.3 Å². The van der Waals surface area contributed by atoms with E-state index in [1.165, 1.54) is 0 Å². The van der Waals surface area contributed by atoms with Crippen molar-refractivity contribution in [1.82, 2.24) is 9.78 Å². The lowest BCUT2D eigenvalue weighted by Gasteiger charge is -2.03. The molecule has 0 radical (unpaired) electrons. The van der Waals surface area contributed by atoms with Crippen molar-refractivity contribution in [2.75, 3.05) is 0 Å². The van der Waals surface area contributed by atoms with E-state index in [0.29, 0.717) is 12.8 Å². The molecule has 0 saturated heterocycles. The highest BCUT2D eigenvalue weighted by atomic mass is 79.9. The van der Waals surface area contributed by atoms with Crippen LogP contribution >= 0.6 is 15.9 Å². The molecule has 0 bridgehead atoms.